The molecule has 3 aromatic carbocycles. The molecule has 0 spiro atoms. The SMILES string of the molecule is CNS(=O)(=O)c1cc(NC(=O)c2cccc3ccccc23)ccc1C. The Kier molecular flexibility index (Phi) is 4.57. The summed E-state index contributed by atoms with van der Waals surface area (Å²) in [5.74, 6) is -0.284. The Balaban J connectivity index is 1.97. The van der Waals surface area contributed by atoms with E-state index in [-0.39, 0.29) is 10.8 Å². The minimum absolute atomic E-state index is 0.144. The fourth-order valence-electron chi connectivity index (χ4n) is 2.70. The van der Waals surface area contributed by atoms with E-state index in [4.69, 9.17) is 0 Å². The van der Waals surface area contributed by atoms with Gasteiger partial charge in [0, 0.05) is 11.3 Å². The molecule has 1 amide bonds. The molecule has 0 fully saturated rings. The van der Waals surface area contributed by atoms with Crippen LogP contribution in [0.1, 0.15) is 15.9 Å². The quantitative estimate of drug-likeness (QED) is 0.755. The van der Waals surface area contributed by atoms with Gasteiger partial charge in [-0.25, -0.2) is 13.1 Å². The third-order valence-electron chi connectivity index (χ3n) is 4.04. The number of rotatable bonds is 4. The molecule has 0 aliphatic rings. The van der Waals surface area contributed by atoms with E-state index in [2.05, 4.69) is 10.0 Å². The van der Waals surface area contributed by atoms with Gasteiger partial charge in [0.1, 0.15) is 0 Å². The Morgan fingerprint density at radius 1 is 0.960 bits per heavy atom. The van der Waals surface area contributed by atoms with Crippen LogP contribution in [-0.4, -0.2) is 21.4 Å². The van der Waals surface area contributed by atoms with Gasteiger partial charge in [-0.15, -0.1) is 0 Å². The van der Waals surface area contributed by atoms with Gasteiger partial charge in [-0.05, 0) is 48.5 Å². The van der Waals surface area contributed by atoms with Gasteiger partial charge in [0.05, 0.1) is 4.90 Å². The third-order valence-corrected chi connectivity index (χ3v) is 5.59. The molecule has 0 unspecified atom stereocenters. The lowest BCUT2D eigenvalue weighted by atomic mass is 10.0. The number of hydrogen-bond acceptors (Lipinski definition) is 3. The van der Waals surface area contributed by atoms with Crippen LogP contribution in [0.2, 0.25) is 0 Å². The molecule has 5 nitrogen and oxygen atoms in total. The van der Waals surface area contributed by atoms with Crippen molar-refractivity contribution in [2.75, 3.05) is 12.4 Å². The van der Waals surface area contributed by atoms with Gasteiger partial charge in [-0.1, -0.05) is 42.5 Å². The van der Waals surface area contributed by atoms with Crippen LogP contribution >= 0.6 is 0 Å². The second-order valence-corrected chi connectivity index (χ2v) is 7.52. The third kappa shape index (κ3) is 3.40. The molecule has 0 aliphatic carbocycles. The summed E-state index contributed by atoms with van der Waals surface area (Å²) in [5, 5.41) is 4.60. The largest absolute Gasteiger partial charge is 0.322 e. The van der Waals surface area contributed by atoms with Gasteiger partial charge in [0.2, 0.25) is 10.0 Å². The molecule has 0 aliphatic heterocycles. The Bertz CT molecular complexity index is 1050. The zero-order chi connectivity index (χ0) is 18.0. The number of benzene rings is 3. The molecule has 0 saturated carbocycles. The molecule has 0 aromatic heterocycles. The van der Waals surface area contributed by atoms with E-state index in [1.165, 1.54) is 13.1 Å². The monoisotopic (exact) mass is 354 g/mol. The Morgan fingerprint density at radius 3 is 2.44 bits per heavy atom. The summed E-state index contributed by atoms with van der Waals surface area (Å²) in [6.45, 7) is 1.71. The second-order valence-electron chi connectivity index (χ2n) is 5.67. The molecule has 3 rings (SSSR count). The van der Waals surface area contributed by atoms with Crippen molar-refractivity contribution in [3.05, 3.63) is 71.8 Å². The highest BCUT2D eigenvalue weighted by atomic mass is 32.2. The first kappa shape index (κ1) is 17.1. The van der Waals surface area contributed by atoms with Crippen LogP contribution in [0.4, 0.5) is 5.69 Å². The highest BCUT2D eigenvalue weighted by molar-refractivity contribution is 7.89. The molecule has 3 aromatic rings. The van der Waals surface area contributed by atoms with Crippen molar-refractivity contribution < 1.29 is 13.2 Å². The number of carbonyl (C=O) groups is 1. The van der Waals surface area contributed by atoms with E-state index in [1.807, 2.05) is 36.4 Å². The van der Waals surface area contributed by atoms with Crippen molar-refractivity contribution in [2.45, 2.75) is 11.8 Å². The summed E-state index contributed by atoms with van der Waals surface area (Å²) in [4.78, 5) is 12.8. The van der Waals surface area contributed by atoms with Crippen molar-refractivity contribution in [2.24, 2.45) is 0 Å². The van der Waals surface area contributed by atoms with E-state index in [0.29, 0.717) is 16.8 Å². The van der Waals surface area contributed by atoms with Crippen molar-refractivity contribution in [3.63, 3.8) is 0 Å². The predicted octanol–water partition coefficient (Wildman–Crippen LogP) is 3.31. The van der Waals surface area contributed by atoms with E-state index in [9.17, 15) is 13.2 Å². The van der Waals surface area contributed by atoms with Crippen LogP contribution in [0.5, 0.6) is 0 Å². The van der Waals surface area contributed by atoms with Gasteiger partial charge < -0.3 is 5.32 Å². The van der Waals surface area contributed by atoms with Crippen LogP contribution in [0, 0.1) is 6.92 Å². The molecule has 128 valence electrons. The zero-order valence-electron chi connectivity index (χ0n) is 13.9. The van der Waals surface area contributed by atoms with Gasteiger partial charge >= 0.3 is 0 Å². The fraction of sp³-hybridized carbons (Fsp3) is 0.105. The Hall–Kier alpha value is -2.70. The van der Waals surface area contributed by atoms with Crippen LogP contribution in [0.3, 0.4) is 0 Å². The standard InChI is InChI=1S/C19H18N2O3S/c1-13-10-11-15(12-18(13)25(23,24)20-2)21-19(22)17-9-5-7-14-6-3-4-8-16(14)17/h3-12,20H,1-2H3,(H,21,22). The lowest BCUT2D eigenvalue weighted by Gasteiger charge is -2.11. The van der Waals surface area contributed by atoms with Crippen molar-refractivity contribution in [1.82, 2.24) is 4.72 Å². The lowest BCUT2D eigenvalue weighted by molar-refractivity contribution is 0.102. The number of carbonyl (C=O) groups excluding carboxylic acids is 1. The average molecular weight is 354 g/mol. The number of fused-ring (bicyclic) bond motifs is 1. The summed E-state index contributed by atoms with van der Waals surface area (Å²) < 4.78 is 26.5. The highest BCUT2D eigenvalue weighted by Gasteiger charge is 2.16. The minimum atomic E-state index is -3.59. The fourth-order valence-corrected chi connectivity index (χ4v) is 3.69. The zero-order valence-corrected chi connectivity index (χ0v) is 14.7. The summed E-state index contributed by atoms with van der Waals surface area (Å²) in [5.41, 5.74) is 1.58. The van der Waals surface area contributed by atoms with Crippen LogP contribution in [-0.2, 0) is 10.0 Å². The summed E-state index contributed by atoms with van der Waals surface area (Å²) in [7, 11) is -2.23. The van der Waals surface area contributed by atoms with Crippen LogP contribution < -0.4 is 10.0 Å². The first-order valence-corrected chi connectivity index (χ1v) is 9.24. The second kappa shape index (κ2) is 6.66. The first-order valence-electron chi connectivity index (χ1n) is 7.76. The van der Waals surface area contributed by atoms with Crippen molar-refractivity contribution >= 4 is 32.4 Å². The number of amides is 1. The Labute approximate surface area is 146 Å². The molecule has 0 radical (unpaired) electrons. The maximum absolute atomic E-state index is 12.7. The molecule has 6 heteroatoms. The van der Waals surface area contributed by atoms with E-state index in [1.54, 1.807) is 25.1 Å². The Morgan fingerprint density at radius 2 is 1.68 bits per heavy atom. The van der Waals surface area contributed by atoms with Gasteiger partial charge in [-0.2, -0.15) is 0 Å². The molecule has 2 N–H and O–H groups in total. The lowest BCUT2D eigenvalue weighted by Crippen LogP contribution is -2.20. The molecule has 0 atom stereocenters. The molecular formula is C19H18N2O3S. The number of hydrogen-bond donors (Lipinski definition) is 2. The van der Waals surface area contributed by atoms with Gasteiger partial charge in [0.25, 0.3) is 5.91 Å². The maximum atomic E-state index is 12.7. The van der Waals surface area contributed by atoms with Crippen molar-refractivity contribution in [1.29, 1.82) is 0 Å². The van der Waals surface area contributed by atoms with E-state index >= 15 is 0 Å². The molecule has 25 heavy (non-hydrogen) atoms. The topological polar surface area (TPSA) is 75.3 Å². The van der Waals surface area contributed by atoms with Crippen LogP contribution in [0.15, 0.2) is 65.6 Å². The smallest absolute Gasteiger partial charge is 0.256 e. The van der Waals surface area contributed by atoms with Gasteiger partial charge in [-0.3, -0.25) is 4.79 Å². The molecule has 0 bridgehead atoms. The van der Waals surface area contributed by atoms with Crippen molar-refractivity contribution in [3.8, 4) is 0 Å². The van der Waals surface area contributed by atoms with E-state index < -0.39 is 10.0 Å². The highest BCUT2D eigenvalue weighted by Crippen LogP contribution is 2.23. The van der Waals surface area contributed by atoms with E-state index in [0.717, 1.165) is 10.8 Å². The molecular weight excluding hydrogens is 336 g/mol. The molecule has 0 saturated heterocycles. The summed E-state index contributed by atoms with van der Waals surface area (Å²) >= 11 is 0. The first-order chi connectivity index (χ1) is 11.9. The van der Waals surface area contributed by atoms with Gasteiger partial charge in [0.15, 0.2) is 0 Å². The minimum Gasteiger partial charge on any atom is -0.322 e. The number of aryl methyl sites for hydroxylation is 1. The maximum Gasteiger partial charge on any atom is 0.256 e. The number of nitrogens with one attached hydrogen (secondary N) is 2. The number of anilines is 1. The van der Waals surface area contributed by atoms with Crippen LogP contribution in [0.25, 0.3) is 10.8 Å². The number of sulfonamides is 1. The summed E-state index contributed by atoms with van der Waals surface area (Å²) in [6, 6.07) is 17.9. The molecule has 0 heterocycles. The summed E-state index contributed by atoms with van der Waals surface area (Å²) in [6.07, 6.45) is 0. The predicted molar refractivity (Wildman–Crippen MR) is 99.3 cm³/mol. The average Bonchev–Trinajstić information content (AvgIpc) is 2.62. The normalized spacial score (nSPS) is 11.4.